The average Bonchev–Trinajstić information content (AvgIpc) is 2.54. The summed E-state index contributed by atoms with van der Waals surface area (Å²) in [6, 6.07) is 3.00. The van der Waals surface area contributed by atoms with Gasteiger partial charge in [-0.15, -0.1) is 0 Å². The Hall–Kier alpha value is -2.95. The Morgan fingerprint density at radius 3 is 2.50 bits per heavy atom. The SMILES string of the molecule is Cc1cc(NCCN(C)C)nc(NC(=O)Nc2ccc(F)c(C(F)(F)F)c2)n1. The molecule has 2 amide bonds. The Labute approximate surface area is 159 Å². The zero-order valence-electron chi connectivity index (χ0n) is 15.5. The maximum absolute atomic E-state index is 13.3. The summed E-state index contributed by atoms with van der Waals surface area (Å²) in [5.74, 6) is -0.956. The van der Waals surface area contributed by atoms with Crippen molar-refractivity contribution in [3.63, 3.8) is 0 Å². The highest BCUT2D eigenvalue weighted by Gasteiger charge is 2.34. The number of hydrogen-bond acceptors (Lipinski definition) is 5. The zero-order chi connectivity index (χ0) is 20.9. The molecule has 0 aliphatic heterocycles. The van der Waals surface area contributed by atoms with E-state index < -0.39 is 23.6 Å². The number of hydrogen-bond donors (Lipinski definition) is 3. The van der Waals surface area contributed by atoms with Gasteiger partial charge in [0.05, 0.1) is 5.56 Å². The molecule has 2 rings (SSSR count). The summed E-state index contributed by atoms with van der Waals surface area (Å²) >= 11 is 0. The van der Waals surface area contributed by atoms with E-state index in [0.717, 1.165) is 12.6 Å². The van der Waals surface area contributed by atoms with Crippen LogP contribution in [0.3, 0.4) is 0 Å². The minimum absolute atomic E-state index is 0.0250. The van der Waals surface area contributed by atoms with Crippen LogP contribution < -0.4 is 16.0 Å². The second-order valence-electron chi connectivity index (χ2n) is 6.22. The van der Waals surface area contributed by atoms with Crippen molar-refractivity contribution in [2.24, 2.45) is 0 Å². The van der Waals surface area contributed by atoms with Gasteiger partial charge in [-0.3, -0.25) is 5.32 Å². The van der Waals surface area contributed by atoms with Gasteiger partial charge in [-0.2, -0.15) is 18.2 Å². The number of alkyl halides is 3. The molecule has 2 aromatic rings. The van der Waals surface area contributed by atoms with Crippen LogP contribution in [-0.2, 0) is 6.18 Å². The molecule has 11 heteroatoms. The van der Waals surface area contributed by atoms with Gasteiger partial charge < -0.3 is 15.5 Å². The zero-order valence-corrected chi connectivity index (χ0v) is 15.5. The van der Waals surface area contributed by atoms with Crippen molar-refractivity contribution in [3.05, 3.63) is 41.3 Å². The molecule has 0 radical (unpaired) electrons. The van der Waals surface area contributed by atoms with Gasteiger partial charge >= 0.3 is 12.2 Å². The molecule has 28 heavy (non-hydrogen) atoms. The third kappa shape index (κ3) is 6.34. The van der Waals surface area contributed by atoms with Crippen LogP contribution in [0.2, 0.25) is 0 Å². The van der Waals surface area contributed by atoms with Gasteiger partial charge in [0.15, 0.2) is 0 Å². The number of benzene rings is 1. The van der Waals surface area contributed by atoms with Gasteiger partial charge in [0.25, 0.3) is 0 Å². The highest BCUT2D eigenvalue weighted by atomic mass is 19.4. The first-order valence-corrected chi connectivity index (χ1v) is 8.23. The van der Waals surface area contributed by atoms with E-state index in [9.17, 15) is 22.4 Å². The molecule has 152 valence electrons. The first-order valence-electron chi connectivity index (χ1n) is 8.23. The Morgan fingerprint density at radius 2 is 1.86 bits per heavy atom. The van der Waals surface area contributed by atoms with Crippen molar-refractivity contribution in [1.82, 2.24) is 14.9 Å². The lowest BCUT2D eigenvalue weighted by Crippen LogP contribution is -2.23. The molecule has 1 heterocycles. The largest absolute Gasteiger partial charge is 0.419 e. The normalized spacial score (nSPS) is 11.4. The molecule has 0 saturated carbocycles. The summed E-state index contributed by atoms with van der Waals surface area (Å²) in [5, 5.41) is 7.63. The third-order valence-electron chi connectivity index (χ3n) is 3.47. The lowest BCUT2D eigenvalue weighted by atomic mass is 10.2. The van der Waals surface area contributed by atoms with E-state index in [0.29, 0.717) is 30.2 Å². The maximum atomic E-state index is 13.3. The minimum Gasteiger partial charge on any atom is -0.369 e. The van der Waals surface area contributed by atoms with Crippen molar-refractivity contribution in [2.75, 3.05) is 43.1 Å². The van der Waals surface area contributed by atoms with Crippen molar-refractivity contribution >= 4 is 23.5 Å². The Kier molecular flexibility index (Phi) is 6.73. The van der Waals surface area contributed by atoms with Gasteiger partial charge in [0.1, 0.15) is 11.6 Å². The fourth-order valence-electron chi connectivity index (χ4n) is 2.21. The standard InChI is InChI=1S/C17H20F4N6O/c1-10-8-14(22-6-7-27(2)3)25-15(23-10)26-16(28)24-11-4-5-13(18)12(9-11)17(19,20)21/h4-5,8-9H,6-7H2,1-3H3,(H3,22,23,24,25,26,28). The molecular weight excluding hydrogens is 380 g/mol. The van der Waals surface area contributed by atoms with Crippen LogP contribution in [0, 0.1) is 12.7 Å². The van der Waals surface area contributed by atoms with Crippen LogP contribution in [0.1, 0.15) is 11.3 Å². The summed E-state index contributed by atoms with van der Waals surface area (Å²) in [7, 11) is 3.84. The molecule has 0 unspecified atom stereocenters. The van der Waals surface area contributed by atoms with E-state index in [1.165, 1.54) is 0 Å². The second kappa shape index (κ2) is 8.83. The quantitative estimate of drug-likeness (QED) is 0.646. The van der Waals surface area contributed by atoms with E-state index in [2.05, 4.69) is 25.9 Å². The van der Waals surface area contributed by atoms with Gasteiger partial charge in [-0.1, -0.05) is 0 Å². The van der Waals surface area contributed by atoms with E-state index in [1.54, 1.807) is 13.0 Å². The number of aromatic nitrogens is 2. The van der Waals surface area contributed by atoms with Crippen LogP contribution in [0.15, 0.2) is 24.3 Å². The number of amides is 2. The first kappa shape index (κ1) is 21.4. The fourth-order valence-corrected chi connectivity index (χ4v) is 2.21. The van der Waals surface area contributed by atoms with Crippen molar-refractivity contribution in [3.8, 4) is 0 Å². The summed E-state index contributed by atoms with van der Waals surface area (Å²) in [5.41, 5.74) is -1.11. The predicted octanol–water partition coefficient (Wildman–Crippen LogP) is 3.56. The summed E-state index contributed by atoms with van der Waals surface area (Å²) in [6.07, 6.45) is -4.87. The summed E-state index contributed by atoms with van der Waals surface area (Å²) < 4.78 is 51.6. The number of carbonyl (C=O) groups excluding carboxylic acids is 1. The Balaban J connectivity index is 2.06. The molecule has 0 saturated heterocycles. The fraction of sp³-hybridized carbons (Fsp3) is 0.353. The summed E-state index contributed by atoms with van der Waals surface area (Å²) in [6.45, 7) is 3.08. The maximum Gasteiger partial charge on any atom is 0.419 e. The van der Waals surface area contributed by atoms with Crippen LogP contribution in [0.4, 0.5) is 39.8 Å². The van der Waals surface area contributed by atoms with E-state index >= 15 is 0 Å². The highest BCUT2D eigenvalue weighted by molar-refractivity contribution is 5.98. The number of nitrogens with one attached hydrogen (secondary N) is 3. The number of carbonyl (C=O) groups is 1. The number of urea groups is 1. The molecule has 0 bridgehead atoms. The van der Waals surface area contributed by atoms with Crippen molar-refractivity contribution < 1.29 is 22.4 Å². The van der Waals surface area contributed by atoms with Crippen LogP contribution >= 0.6 is 0 Å². The summed E-state index contributed by atoms with van der Waals surface area (Å²) in [4.78, 5) is 22.2. The van der Waals surface area contributed by atoms with Crippen LogP contribution in [-0.4, -0.2) is 48.1 Å². The lowest BCUT2D eigenvalue weighted by Gasteiger charge is -2.13. The first-order chi connectivity index (χ1) is 13.0. The van der Waals surface area contributed by atoms with E-state index in [1.807, 2.05) is 19.0 Å². The van der Waals surface area contributed by atoms with Crippen molar-refractivity contribution in [1.29, 1.82) is 0 Å². The third-order valence-corrected chi connectivity index (χ3v) is 3.47. The number of likely N-dealkylation sites (N-methyl/N-ethyl adjacent to an activating group) is 1. The molecule has 0 aliphatic carbocycles. The molecule has 3 N–H and O–H groups in total. The van der Waals surface area contributed by atoms with E-state index in [4.69, 9.17) is 0 Å². The predicted molar refractivity (Wildman–Crippen MR) is 97.9 cm³/mol. The molecular formula is C17H20F4N6O. The smallest absolute Gasteiger partial charge is 0.369 e. The minimum atomic E-state index is -4.87. The topological polar surface area (TPSA) is 82.2 Å². The Bertz CT molecular complexity index is 841. The molecule has 0 fully saturated rings. The van der Waals surface area contributed by atoms with Crippen LogP contribution in [0.5, 0.6) is 0 Å². The number of aryl methyl sites for hydroxylation is 1. The molecule has 0 atom stereocenters. The monoisotopic (exact) mass is 400 g/mol. The van der Waals surface area contributed by atoms with Gasteiger partial charge in [-0.25, -0.2) is 14.2 Å². The van der Waals surface area contributed by atoms with Gasteiger partial charge in [-0.05, 0) is 39.2 Å². The lowest BCUT2D eigenvalue weighted by molar-refractivity contribution is -0.139. The van der Waals surface area contributed by atoms with Crippen molar-refractivity contribution in [2.45, 2.75) is 13.1 Å². The van der Waals surface area contributed by atoms with E-state index in [-0.39, 0.29) is 11.6 Å². The number of halogens is 4. The molecule has 0 spiro atoms. The van der Waals surface area contributed by atoms with Gasteiger partial charge in [0.2, 0.25) is 5.95 Å². The second-order valence-corrected chi connectivity index (χ2v) is 6.22. The number of nitrogens with zero attached hydrogens (tertiary/aromatic N) is 3. The number of anilines is 3. The van der Waals surface area contributed by atoms with Gasteiger partial charge in [0, 0.05) is 30.5 Å². The molecule has 1 aromatic carbocycles. The molecule has 0 aliphatic rings. The number of rotatable bonds is 6. The molecule has 7 nitrogen and oxygen atoms in total. The average molecular weight is 400 g/mol. The molecule has 1 aromatic heterocycles. The Morgan fingerprint density at radius 1 is 1.14 bits per heavy atom. The highest BCUT2D eigenvalue weighted by Crippen LogP contribution is 2.33. The van der Waals surface area contributed by atoms with Crippen LogP contribution in [0.25, 0.3) is 0 Å².